The number of guanidine groups is 1. The van der Waals surface area contributed by atoms with Crippen molar-refractivity contribution >= 4 is 35.8 Å². The molecular formula is C31H41N7O10. The molecule has 2 unspecified atom stereocenters. The molecule has 48 heavy (non-hydrogen) atoms. The molecular weight excluding hydrogens is 630 g/mol. The van der Waals surface area contributed by atoms with Gasteiger partial charge in [0.2, 0.25) is 11.8 Å². The van der Waals surface area contributed by atoms with Crippen molar-refractivity contribution in [3.05, 3.63) is 81.9 Å². The summed E-state index contributed by atoms with van der Waals surface area (Å²) in [4.78, 5) is 78.0. The summed E-state index contributed by atoms with van der Waals surface area (Å²) in [5.74, 6) is -3.73. The first kappa shape index (κ1) is 38.4. The van der Waals surface area contributed by atoms with Crippen molar-refractivity contribution in [2.75, 3.05) is 13.1 Å². The Balaban J connectivity index is 2.04. The van der Waals surface area contributed by atoms with Crippen molar-refractivity contribution in [1.82, 2.24) is 21.4 Å². The fraction of sp³-hybridized carbons (Fsp3) is 0.419. The summed E-state index contributed by atoms with van der Waals surface area (Å²) < 4.78 is 15.8. The zero-order valence-corrected chi connectivity index (χ0v) is 26.9. The monoisotopic (exact) mass is 671 g/mol. The van der Waals surface area contributed by atoms with Crippen molar-refractivity contribution in [2.24, 2.45) is 10.7 Å². The topological polar surface area (TPSA) is 243 Å². The smallest absolute Gasteiger partial charge is 0.408 e. The average Bonchev–Trinajstić information content (AvgIpc) is 3.02. The second-order valence-electron chi connectivity index (χ2n) is 11.3. The van der Waals surface area contributed by atoms with Crippen LogP contribution in [0.25, 0.3) is 0 Å². The molecule has 0 aliphatic carbocycles. The van der Waals surface area contributed by atoms with E-state index < -0.39 is 71.5 Å². The molecule has 0 spiro atoms. The molecule has 0 heterocycles. The van der Waals surface area contributed by atoms with Gasteiger partial charge in [-0.15, -0.1) is 0 Å². The Hall–Kier alpha value is -5.74. The number of amides is 3. The van der Waals surface area contributed by atoms with Crippen LogP contribution < -0.4 is 27.1 Å². The highest BCUT2D eigenvalue weighted by Crippen LogP contribution is 2.09. The first-order valence-electron chi connectivity index (χ1n) is 14.9. The van der Waals surface area contributed by atoms with E-state index in [0.29, 0.717) is 5.56 Å². The van der Waals surface area contributed by atoms with Gasteiger partial charge in [0.05, 0.1) is 13.0 Å². The predicted octanol–water partition coefficient (Wildman–Crippen LogP) is 1.23. The lowest BCUT2D eigenvalue weighted by Crippen LogP contribution is -2.51. The molecule has 0 fully saturated rings. The number of esters is 2. The van der Waals surface area contributed by atoms with Gasteiger partial charge >= 0.3 is 18.0 Å². The van der Waals surface area contributed by atoms with Gasteiger partial charge in [-0.25, -0.2) is 24.7 Å². The van der Waals surface area contributed by atoms with Crippen molar-refractivity contribution in [1.29, 1.82) is 0 Å². The Bertz CT molecular complexity index is 1420. The molecule has 0 saturated heterocycles. The Kier molecular flexibility index (Phi) is 15.8. The van der Waals surface area contributed by atoms with Gasteiger partial charge in [0.15, 0.2) is 5.03 Å². The minimum Gasteiger partial charge on any atom is -0.461 e. The number of alkyl carbamates (subject to hydrolysis) is 1. The molecule has 0 aliphatic rings. The summed E-state index contributed by atoms with van der Waals surface area (Å²) in [7, 11) is 0. The Morgan fingerprint density at radius 1 is 0.896 bits per heavy atom. The second kappa shape index (κ2) is 19.7. The Morgan fingerprint density at radius 3 is 2.04 bits per heavy atom. The number of nitro groups is 1. The minimum atomic E-state index is -1.44. The predicted molar refractivity (Wildman–Crippen MR) is 171 cm³/mol. The first-order valence-corrected chi connectivity index (χ1v) is 14.9. The second-order valence-corrected chi connectivity index (χ2v) is 11.3. The van der Waals surface area contributed by atoms with Crippen LogP contribution in [0.1, 0.15) is 51.2 Å². The maximum Gasteiger partial charge on any atom is 0.408 e. The number of hydrogen-bond donors (Lipinski definition) is 5. The standard InChI is InChI=1S/C31H41N7O10/c1-31(2,3)48-30(43)36-23(15-10-16-33-29(32)37-38(44)45)27(41)34-18-25(39)35-24(28(42)47-20-22-13-8-5-9-14-22)17-26(40)46-19-21-11-6-4-7-12-21/h4-9,11-14,23-24H,10,15-20H2,1-3H3,(H,34,41)(H,35,39)(H,36,43)(H3,32,33,37). The van der Waals surface area contributed by atoms with E-state index in [2.05, 4.69) is 20.9 Å². The lowest BCUT2D eigenvalue weighted by molar-refractivity contribution is -0.525. The van der Waals surface area contributed by atoms with E-state index in [0.717, 1.165) is 5.56 Å². The maximum atomic E-state index is 13.0. The molecule has 0 radical (unpaired) electrons. The molecule has 17 heteroatoms. The molecule has 2 aromatic carbocycles. The number of ether oxygens (including phenoxy) is 3. The van der Waals surface area contributed by atoms with E-state index in [1.165, 1.54) is 0 Å². The van der Waals surface area contributed by atoms with Gasteiger partial charge in [0, 0.05) is 6.54 Å². The number of nitrogens with one attached hydrogen (secondary N) is 4. The van der Waals surface area contributed by atoms with Crippen LogP contribution in [0.4, 0.5) is 4.79 Å². The van der Waals surface area contributed by atoms with Crippen LogP contribution in [0, 0.1) is 10.1 Å². The third kappa shape index (κ3) is 16.5. The van der Waals surface area contributed by atoms with E-state index in [-0.39, 0.29) is 32.6 Å². The molecule has 2 rings (SSSR count). The highest BCUT2D eigenvalue weighted by atomic mass is 16.7. The van der Waals surface area contributed by atoms with Crippen molar-refractivity contribution < 1.29 is 43.2 Å². The summed E-state index contributed by atoms with van der Waals surface area (Å²) in [5.41, 5.74) is 7.60. The van der Waals surface area contributed by atoms with E-state index in [9.17, 15) is 34.1 Å². The number of carbonyl (C=O) groups excluding carboxylic acids is 5. The Labute approximate surface area is 277 Å². The summed E-state index contributed by atoms with van der Waals surface area (Å²) in [6, 6.07) is 15.0. The van der Waals surface area contributed by atoms with E-state index in [1.54, 1.807) is 86.9 Å². The lowest BCUT2D eigenvalue weighted by Gasteiger charge is -2.23. The molecule has 17 nitrogen and oxygen atoms in total. The third-order valence-corrected chi connectivity index (χ3v) is 6.03. The third-order valence-electron chi connectivity index (χ3n) is 6.03. The van der Waals surface area contributed by atoms with E-state index >= 15 is 0 Å². The summed E-state index contributed by atoms with van der Waals surface area (Å²) in [5, 5.41) is 16.8. The molecule has 3 amide bonds. The number of nitrogens with zero attached hydrogens (tertiary/aromatic N) is 2. The fourth-order valence-electron chi connectivity index (χ4n) is 3.86. The van der Waals surface area contributed by atoms with Gasteiger partial charge in [-0.2, -0.15) is 0 Å². The quantitative estimate of drug-likeness (QED) is 0.0303. The number of hydrazine groups is 1. The largest absolute Gasteiger partial charge is 0.461 e. The van der Waals surface area contributed by atoms with Crippen LogP contribution >= 0.6 is 0 Å². The molecule has 2 aromatic rings. The Morgan fingerprint density at radius 2 is 1.48 bits per heavy atom. The number of benzene rings is 2. The number of nitrogens with two attached hydrogens (primary N) is 1. The summed E-state index contributed by atoms with van der Waals surface area (Å²) in [6.07, 6.45) is -1.30. The van der Waals surface area contributed by atoms with Crippen LogP contribution in [0.5, 0.6) is 0 Å². The van der Waals surface area contributed by atoms with Gasteiger partial charge in [0.1, 0.15) is 30.9 Å². The number of aliphatic imine (C=N–C) groups is 1. The highest BCUT2D eigenvalue weighted by molar-refractivity contribution is 5.92. The maximum absolute atomic E-state index is 13.0. The number of rotatable bonds is 17. The number of hydrogen-bond acceptors (Lipinski definition) is 11. The molecule has 0 aromatic heterocycles. The lowest BCUT2D eigenvalue weighted by atomic mass is 10.1. The van der Waals surface area contributed by atoms with Crippen molar-refractivity contribution in [2.45, 2.75) is 70.9 Å². The molecule has 260 valence electrons. The van der Waals surface area contributed by atoms with Crippen LogP contribution in [-0.2, 0) is 46.6 Å². The molecule has 0 bridgehead atoms. The van der Waals surface area contributed by atoms with Crippen LogP contribution in [-0.4, -0.2) is 71.6 Å². The van der Waals surface area contributed by atoms with Crippen LogP contribution in [0.3, 0.4) is 0 Å². The van der Waals surface area contributed by atoms with E-state index in [1.807, 2.05) is 0 Å². The van der Waals surface area contributed by atoms with Crippen molar-refractivity contribution in [3.63, 3.8) is 0 Å². The van der Waals surface area contributed by atoms with Gasteiger partial charge in [-0.1, -0.05) is 66.1 Å². The zero-order chi connectivity index (χ0) is 35.5. The van der Waals surface area contributed by atoms with E-state index in [4.69, 9.17) is 19.9 Å². The molecule has 0 aliphatic heterocycles. The molecule has 2 atom stereocenters. The SMILES string of the molecule is CC(C)(C)OC(=O)NC(CCCN=C(N)N[N+](=O)[O-])C(=O)NCC(=O)NC(CC(=O)OCc1ccccc1)C(=O)OCc1ccccc1. The molecule has 6 N–H and O–H groups in total. The van der Waals surface area contributed by atoms with Crippen LogP contribution in [0.2, 0.25) is 0 Å². The highest BCUT2D eigenvalue weighted by Gasteiger charge is 2.28. The van der Waals surface area contributed by atoms with Gasteiger partial charge < -0.3 is 35.9 Å². The summed E-state index contributed by atoms with van der Waals surface area (Å²) in [6.45, 7) is 4.06. The summed E-state index contributed by atoms with van der Waals surface area (Å²) >= 11 is 0. The van der Waals surface area contributed by atoms with Gasteiger partial charge in [-0.05, 0) is 44.7 Å². The first-order chi connectivity index (χ1) is 22.7. The average molecular weight is 672 g/mol. The van der Waals surface area contributed by atoms with Crippen LogP contribution in [0.15, 0.2) is 65.7 Å². The number of carbonyl (C=O) groups is 5. The fourth-order valence-corrected chi connectivity index (χ4v) is 3.86. The van der Waals surface area contributed by atoms with Gasteiger partial charge in [0.25, 0.3) is 5.96 Å². The van der Waals surface area contributed by atoms with Crippen molar-refractivity contribution in [3.8, 4) is 0 Å². The molecule has 0 saturated carbocycles. The zero-order valence-electron chi connectivity index (χ0n) is 26.9. The van der Waals surface area contributed by atoms with Gasteiger partial charge in [-0.3, -0.25) is 14.4 Å². The normalized spacial score (nSPS) is 12.4. The minimum absolute atomic E-state index is 0.0103.